The van der Waals surface area contributed by atoms with Crippen molar-refractivity contribution in [1.82, 2.24) is 10.1 Å². The predicted octanol–water partition coefficient (Wildman–Crippen LogP) is 3.58. The number of hydrogen-bond acceptors (Lipinski definition) is 4. The van der Waals surface area contributed by atoms with Gasteiger partial charge in [0, 0.05) is 18.1 Å². The van der Waals surface area contributed by atoms with Crippen molar-refractivity contribution in [2.45, 2.75) is 13.0 Å². The highest BCUT2D eigenvalue weighted by Gasteiger charge is 2.20. The van der Waals surface area contributed by atoms with Crippen LogP contribution in [0, 0.1) is 0 Å². The number of halogens is 2. The first-order valence-corrected chi connectivity index (χ1v) is 6.98. The van der Waals surface area contributed by atoms with Gasteiger partial charge < -0.3 is 14.2 Å². The molecule has 7 heteroatoms. The molecular formula is C14H14Cl2N2O3. The Kier molecular flexibility index (Phi) is 5.09. The molecule has 21 heavy (non-hydrogen) atoms. The van der Waals surface area contributed by atoms with Gasteiger partial charge in [0.15, 0.2) is 6.61 Å². The number of carbonyl (C=O) groups excluding carboxylic acids is 1. The number of amides is 1. The minimum Gasteiger partial charge on any atom is -0.482 e. The Hall–Kier alpha value is -1.72. The van der Waals surface area contributed by atoms with Gasteiger partial charge in [0.2, 0.25) is 0 Å². The fourth-order valence-corrected chi connectivity index (χ4v) is 2.15. The van der Waals surface area contributed by atoms with Crippen LogP contribution in [-0.2, 0) is 4.79 Å². The van der Waals surface area contributed by atoms with Gasteiger partial charge in [-0.15, -0.1) is 0 Å². The van der Waals surface area contributed by atoms with Crippen LogP contribution < -0.4 is 4.74 Å². The molecule has 1 aromatic heterocycles. The van der Waals surface area contributed by atoms with Crippen molar-refractivity contribution in [3.63, 3.8) is 0 Å². The fourth-order valence-electron chi connectivity index (χ4n) is 1.69. The molecule has 0 spiro atoms. The largest absolute Gasteiger partial charge is 0.482 e. The zero-order valence-electron chi connectivity index (χ0n) is 11.5. The molecular weight excluding hydrogens is 315 g/mol. The van der Waals surface area contributed by atoms with E-state index in [0.717, 1.165) is 0 Å². The molecule has 0 fully saturated rings. The Labute approximate surface area is 132 Å². The summed E-state index contributed by atoms with van der Waals surface area (Å²) in [5.74, 6) is 0.216. The van der Waals surface area contributed by atoms with E-state index in [9.17, 15) is 4.79 Å². The lowest BCUT2D eigenvalue weighted by molar-refractivity contribution is -0.134. The molecule has 1 aromatic carbocycles. The Morgan fingerprint density at radius 3 is 2.81 bits per heavy atom. The van der Waals surface area contributed by atoms with Crippen molar-refractivity contribution in [3.05, 3.63) is 46.3 Å². The zero-order valence-corrected chi connectivity index (χ0v) is 13.1. The Morgan fingerprint density at radius 2 is 2.19 bits per heavy atom. The highest BCUT2D eigenvalue weighted by molar-refractivity contribution is 6.35. The van der Waals surface area contributed by atoms with E-state index < -0.39 is 0 Å². The number of rotatable bonds is 5. The van der Waals surface area contributed by atoms with Gasteiger partial charge in [-0.05, 0) is 25.1 Å². The molecule has 0 saturated carbocycles. The molecule has 0 aliphatic heterocycles. The summed E-state index contributed by atoms with van der Waals surface area (Å²) in [6.45, 7) is 1.73. The molecule has 0 N–H and O–H groups in total. The first-order chi connectivity index (χ1) is 9.99. The standard InChI is InChI=1S/C14H14Cl2N2O3/c1-9(12-5-6-21-17-12)18(2)14(19)8-20-13-4-3-10(15)7-11(13)16/h3-7,9H,8H2,1-2H3. The minimum absolute atomic E-state index is 0.125. The van der Waals surface area contributed by atoms with Crippen LogP contribution in [0.3, 0.4) is 0 Å². The average Bonchev–Trinajstić information content (AvgIpc) is 2.98. The molecule has 112 valence electrons. The molecule has 5 nitrogen and oxygen atoms in total. The van der Waals surface area contributed by atoms with E-state index in [1.54, 1.807) is 31.3 Å². The van der Waals surface area contributed by atoms with Crippen molar-refractivity contribution < 1.29 is 14.1 Å². The molecule has 0 aliphatic rings. The molecule has 0 aliphatic carbocycles. The number of aromatic nitrogens is 1. The minimum atomic E-state index is -0.208. The van der Waals surface area contributed by atoms with Crippen LogP contribution in [0.5, 0.6) is 5.75 Å². The normalized spacial score (nSPS) is 12.0. The van der Waals surface area contributed by atoms with Crippen LogP contribution in [0.1, 0.15) is 18.7 Å². The average molecular weight is 329 g/mol. The summed E-state index contributed by atoms with van der Waals surface area (Å²) in [5.41, 5.74) is 0.676. The van der Waals surface area contributed by atoms with Crippen LogP contribution in [-0.4, -0.2) is 29.6 Å². The summed E-state index contributed by atoms with van der Waals surface area (Å²) < 4.78 is 10.2. The monoisotopic (exact) mass is 328 g/mol. The van der Waals surface area contributed by atoms with E-state index in [2.05, 4.69) is 5.16 Å². The van der Waals surface area contributed by atoms with Crippen molar-refractivity contribution in [1.29, 1.82) is 0 Å². The lowest BCUT2D eigenvalue weighted by Crippen LogP contribution is -2.33. The summed E-state index contributed by atoms with van der Waals surface area (Å²) in [7, 11) is 1.68. The van der Waals surface area contributed by atoms with Gasteiger partial charge in [-0.1, -0.05) is 28.4 Å². The number of ether oxygens (including phenoxy) is 1. The third-order valence-corrected chi connectivity index (χ3v) is 3.64. The van der Waals surface area contributed by atoms with E-state index in [4.69, 9.17) is 32.5 Å². The topological polar surface area (TPSA) is 55.6 Å². The number of hydrogen-bond donors (Lipinski definition) is 0. The van der Waals surface area contributed by atoms with Gasteiger partial charge in [0.1, 0.15) is 17.7 Å². The molecule has 1 unspecified atom stereocenters. The second kappa shape index (κ2) is 6.83. The lowest BCUT2D eigenvalue weighted by atomic mass is 10.2. The van der Waals surface area contributed by atoms with E-state index in [1.165, 1.54) is 11.2 Å². The highest BCUT2D eigenvalue weighted by atomic mass is 35.5. The number of carbonyl (C=O) groups is 1. The van der Waals surface area contributed by atoms with Crippen molar-refractivity contribution in [3.8, 4) is 5.75 Å². The van der Waals surface area contributed by atoms with Gasteiger partial charge in [0.05, 0.1) is 11.1 Å². The molecule has 2 rings (SSSR count). The highest BCUT2D eigenvalue weighted by Crippen LogP contribution is 2.27. The zero-order chi connectivity index (χ0) is 15.4. The molecule has 1 atom stereocenters. The van der Waals surface area contributed by atoms with E-state index in [1.807, 2.05) is 6.92 Å². The summed E-state index contributed by atoms with van der Waals surface area (Å²) >= 11 is 11.8. The van der Waals surface area contributed by atoms with Crippen molar-refractivity contribution in [2.75, 3.05) is 13.7 Å². The SMILES string of the molecule is CC(c1ccon1)N(C)C(=O)COc1ccc(Cl)cc1Cl. The number of benzene rings is 1. The Balaban J connectivity index is 1.95. The molecule has 1 heterocycles. The second-order valence-electron chi connectivity index (χ2n) is 4.47. The van der Waals surface area contributed by atoms with Gasteiger partial charge in [-0.2, -0.15) is 0 Å². The molecule has 0 radical (unpaired) electrons. The van der Waals surface area contributed by atoms with Crippen molar-refractivity contribution >= 4 is 29.1 Å². The molecule has 2 aromatic rings. The summed E-state index contributed by atoms with van der Waals surface area (Å²) in [6.07, 6.45) is 1.47. The van der Waals surface area contributed by atoms with Crippen LogP contribution in [0.25, 0.3) is 0 Å². The number of nitrogens with zero attached hydrogens (tertiary/aromatic N) is 2. The summed E-state index contributed by atoms with van der Waals surface area (Å²) in [4.78, 5) is 13.6. The summed E-state index contributed by atoms with van der Waals surface area (Å²) in [5, 5.41) is 4.69. The fraction of sp³-hybridized carbons (Fsp3) is 0.286. The quantitative estimate of drug-likeness (QED) is 0.841. The number of likely N-dealkylation sites (N-methyl/N-ethyl adjacent to an activating group) is 1. The van der Waals surface area contributed by atoms with Gasteiger partial charge in [-0.3, -0.25) is 4.79 Å². The molecule has 0 saturated heterocycles. The predicted molar refractivity (Wildman–Crippen MR) is 79.6 cm³/mol. The van der Waals surface area contributed by atoms with E-state index in [0.29, 0.717) is 21.5 Å². The van der Waals surface area contributed by atoms with Gasteiger partial charge >= 0.3 is 0 Å². The van der Waals surface area contributed by atoms with Crippen LogP contribution in [0.15, 0.2) is 35.1 Å². The van der Waals surface area contributed by atoms with E-state index in [-0.39, 0.29) is 18.6 Å². The van der Waals surface area contributed by atoms with Crippen molar-refractivity contribution in [2.24, 2.45) is 0 Å². The van der Waals surface area contributed by atoms with Crippen LogP contribution >= 0.6 is 23.2 Å². The second-order valence-corrected chi connectivity index (χ2v) is 5.31. The molecule has 0 bridgehead atoms. The third kappa shape index (κ3) is 3.89. The first-order valence-electron chi connectivity index (χ1n) is 6.23. The summed E-state index contributed by atoms with van der Waals surface area (Å²) in [6, 6.07) is 6.34. The smallest absolute Gasteiger partial charge is 0.260 e. The Bertz CT molecular complexity index is 617. The Morgan fingerprint density at radius 1 is 1.43 bits per heavy atom. The molecule has 1 amide bonds. The lowest BCUT2D eigenvalue weighted by Gasteiger charge is -2.23. The third-order valence-electron chi connectivity index (χ3n) is 3.11. The van der Waals surface area contributed by atoms with Gasteiger partial charge in [-0.25, -0.2) is 0 Å². The van der Waals surface area contributed by atoms with Crippen LogP contribution in [0.2, 0.25) is 10.0 Å². The maximum Gasteiger partial charge on any atom is 0.260 e. The van der Waals surface area contributed by atoms with Crippen LogP contribution in [0.4, 0.5) is 0 Å². The maximum absolute atomic E-state index is 12.1. The first kappa shape index (κ1) is 15.7. The van der Waals surface area contributed by atoms with E-state index >= 15 is 0 Å². The van der Waals surface area contributed by atoms with Gasteiger partial charge in [0.25, 0.3) is 5.91 Å². The maximum atomic E-state index is 12.1.